The van der Waals surface area contributed by atoms with E-state index in [9.17, 15) is 0 Å². The highest BCUT2D eigenvalue weighted by Crippen LogP contribution is 2.41. The molecule has 1 saturated carbocycles. The number of hydrogen-bond donors (Lipinski definition) is 0. The van der Waals surface area contributed by atoms with Crippen LogP contribution in [0.15, 0.2) is 6.33 Å². The average Bonchev–Trinajstić information content (AvgIpc) is 3.18. The zero-order valence-corrected chi connectivity index (χ0v) is 13.5. The van der Waals surface area contributed by atoms with Crippen LogP contribution >= 0.6 is 0 Å². The van der Waals surface area contributed by atoms with Gasteiger partial charge >= 0.3 is 7.12 Å². The molecule has 5 nitrogen and oxygen atoms in total. The van der Waals surface area contributed by atoms with Crippen LogP contribution in [-0.2, 0) is 9.31 Å². The Hall–Kier alpha value is -1.14. The predicted octanol–water partition coefficient (Wildman–Crippen LogP) is 2.05. The highest BCUT2D eigenvalue weighted by Gasteiger charge is 2.54. The summed E-state index contributed by atoms with van der Waals surface area (Å²) in [5.74, 6) is 1.08. The number of hydrogen-bond acceptors (Lipinski definition) is 5. The van der Waals surface area contributed by atoms with Gasteiger partial charge in [-0.25, -0.2) is 9.97 Å². The first-order valence-corrected chi connectivity index (χ1v) is 7.69. The van der Waals surface area contributed by atoms with Gasteiger partial charge in [-0.05, 0) is 47.5 Å². The molecule has 0 spiro atoms. The van der Waals surface area contributed by atoms with Crippen LogP contribution in [0.1, 0.15) is 59.1 Å². The molecule has 2 heterocycles. The number of nitrogens with zero attached hydrogens (tertiary/aromatic N) is 2. The molecule has 0 amide bonds. The lowest BCUT2D eigenvalue weighted by atomic mass is 9.77. The van der Waals surface area contributed by atoms with Crippen molar-refractivity contribution in [3.8, 4) is 5.88 Å². The molecular weight excluding hydrogens is 267 g/mol. The number of ether oxygens (including phenoxy) is 1. The Morgan fingerprint density at radius 3 is 2.33 bits per heavy atom. The molecule has 6 heteroatoms. The molecule has 1 aromatic heterocycles. The van der Waals surface area contributed by atoms with Crippen molar-refractivity contribution in [1.82, 2.24) is 9.97 Å². The maximum Gasteiger partial charge on any atom is 0.502 e. The van der Waals surface area contributed by atoms with E-state index in [1.165, 1.54) is 0 Å². The van der Waals surface area contributed by atoms with Gasteiger partial charge in [0.2, 0.25) is 5.88 Å². The monoisotopic (exact) mass is 290 g/mol. The second-order valence-corrected chi connectivity index (χ2v) is 6.77. The Bertz CT molecular complexity index is 528. The maximum atomic E-state index is 6.17. The molecule has 1 aromatic rings. The fourth-order valence-corrected chi connectivity index (χ4v) is 2.51. The fourth-order valence-electron chi connectivity index (χ4n) is 2.51. The summed E-state index contributed by atoms with van der Waals surface area (Å²) in [7, 11) is -0.464. The van der Waals surface area contributed by atoms with Crippen LogP contribution in [0.5, 0.6) is 5.88 Å². The van der Waals surface area contributed by atoms with Crippen molar-refractivity contribution < 1.29 is 14.0 Å². The Kier molecular flexibility index (Phi) is 3.49. The van der Waals surface area contributed by atoms with Crippen molar-refractivity contribution >= 4 is 12.6 Å². The molecule has 114 valence electrons. The van der Waals surface area contributed by atoms with Crippen LogP contribution in [0.25, 0.3) is 0 Å². The third kappa shape index (κ3) is 2.55. The molecule has 0 atom stereocenters. The van der Waals surface area contributed by atoms with Gasteiger partial charge in [-0.1, -0.05) is 0 Å². The lowest BCUT2D eigenvalue weighted by Gasteiger charge is -2.32. The molecule has 3 rings (SSSR count). The van der Waals surface area contributed by atoms with E-state index in [0.29, 0.717) is 18.4 Å². The highest BCUT2D eigenvalue weighted by atomic mass is 16.7. The molecule has 1 aliphatic heterocycles. The highest BCUT2D eigenvalue weighted by molar-refractivity contribution is 6.63. The minimum Gasteiger partial charge on any atom is -0.478 e. The minimum atomic E-state index is -0.464. The summed E-state index contributed by atoms with van der Waals surface area (Å²) in [6.07, 6.45) is 3.90. The zero-order chi connectivity index (χ0) is 15.3. The average molecular weight is 290 g/mol. The molecule has 1 saturated heterocycles. The first-order chi connectivity index (χ1) is 9.86. The van der Waals surface area contributed by atoms with Crippen molar-refractivity contribution in [3.63, 3.8) is 0 Å². The van der Waals surface area contributed by atoms with E-state index >= 15 is 0 Å². The van der Waals surface area contributed by atoms with E-state index in [1.54, 1.807) is 6.33 Å². The summed E-state index contributed by atoms with van der Waals surface area (Å²) in [5.41, 5.74) is 1.14. The van der Waals surface area contributed by atoms with Gasteiger partial charge in [0.25, 0.3) is 0 Å². The van der Waals surface area contributed by atoms with E-state index in [2.05, 4.69) is 9.97 Å². The summed E-state index contributed by atoms with van der Waals surface area (Å²) >= 11 is 0. The van der Waals surface area contributed by atoms with Gasteiger partial charge in [0.05, 0.1) is 29.0 Å². The summed E-state index contributed by atoms with van der Waals surface area (Å²) < 4.78 is 18.0. The summed E-state index contributed by atoms with van der Waals surface area (Å²) in [6.45, 7) is 10.7. The Morgan fingerprint density at radius 2 is 1.81 bits per heavy atom. The third-order valence-electron chi connectivity index (χ3n) is 4.61. The van der Waals surface area contributed by atoms with Crippen molar-refractivity contribution in [2.45, 2.75) is 64.6 Å². The largest absolute Gasteiger partial charge is 0.502 e. The van der Waals surface area contributed by atoms with Gasteiger partial charge in [0, 0.05) is 5.92 Å². The second-order valence-electron chi connectivity index (χ2n) is 6.77. The fraction of sp³-hybridized carbons (Fsp3) is 0.733. The van der Waals surface area contributed by atoms with Crippen LogP contribution in [0, 0.1) is 0 Å². The molecule has 2 fully saturated rings. The van der Waals surface area contributed by atoms with Gasteiger partial charge in [-0.2, -0.15) is 0 Å². The van der Waals surface area contributed by atoms with Crippen molar-refractivity contribution in [2.24, 2.45) is 0 Å². The maximum absolute atomic E-state index is 6.17. The van der Waals surface area contributed by atoms with Crippen molar-refractivity contribution in [2.75, 3.05) is 6.61 Å². The van der Waals surface area contributed by atoms with E-state index < -0.39 is 7.12 Å². The molecule has 0 aromatic carbocycles. The van der Waals surface area contributed by atoms with E-state index in [4.69, 9.17) is 14.0 Å². The quantitative estimate of drug-likeness (QED) is 0.794. The minimum absolute atomic E-state index is 0.377. The van der Waals surface area contributed by atoms with Crippen LogP contribution < -0.4 is 10.2 Å². The SMILES string of the molecule is CCOc1ncnc(C2CC2)c1B1OC(C)(C)C(C)(C)O1. The first kappa shape index (κ1) is 14.8. The van der Waals surface area contributed by atoms with Crippen molar-refractivity contribution in [3.05, 3.63) is 12.0 Å². The van der Waals surface area contributed by atoms with Gasteiger partial charge < -0.3 is 14.0 Å². The van der Waals surface area contributed by atoms with Crippen LogP contribution in [0.2, 0.25) is 0 Å². The summed E-state index contributed by atoms with van der Waals surface area (Å²) in [4.78, 5) is 8.76. The van der Waals surface area contributed by atoms with Gasteiger partial charge in [0.15, 0.2) is 0 Å². The predicted molar refractivity (Wildman–Crippen MR) is 80.9 cm³/mol. The molecule has 0 radical (unpaired) electrons. The van der Waals surface area contributed by atoms with Gasteiger partial charge in [-0.3, -0.25) is 0 Å². The van der Waals surface area contributed by atoms with Crippen LogP contribution in [0.3, 0.4) is 0 Å². The summed E-state index contributed by atoms with van der Waals surface area (Å²) in [6, 6.07) is 0. The molecule has 1 aliphatic carbocycles. The molecule has 0 N–H and O–H groups in total. The lowest BCUT2D eigenvalue weighted by Crippen LogP contribution is -2.41. The van der Waals surface area contributed by atoms with E-state index in [0.717, 1.165) is 24.0 Å². The lowest BCUT2D eigenvalue weighted by molar-refractivity contribution is 0.00578. The van der Waals surface area contributed by atoms with Gasteiger partial charge in [-0.15, -0.1) is 0 Å². The Balaban J connectivity index is 2.01. The number of rotatable bonds is 4. The molecule has 0 unspecified atom stereocenters. The third-order valence-corrected chi connectivity index (χ3v) is 4.61. The summed E-state index contributed by atoms with van der Waals surface area (Å²) in [5, 5.41) is 0. The van der Waals surface area contributed by atoms with Gasteiger partial charge in [0.1, 0.15) is 6.33 Å². The normalized spacial score (nSPS) is 23.4. The number of aromatic nitrogens is 2. The molecular formula is C15H23BN2O3. The van der Waals surface area contributed by atoms with E-state index in [1.807, 2.05) is 34.6 Å². The Labute approximate surface area is 126 Å². The zero-order valence-electron chi connectivity index (χ0n) is 13.5. The smallest absolute Gasteiger partial charge is 0.478 e. The topological polar surface area (TPSA) is 53.5 Å². The van der Waals surface area contributed by atoms with Crippen LogP contribution in [0.4, 0.5) is 0 Å². The molecule has 21 heavy (non-hydrogen) atoms. The van der Waals surface area contributed by atoms with E-state index in [-0.39, 0.29) is 11.2 Å². The second kappa shape index (κ2) is 4.95. The van der Waals surface area contributed by atoms with Crippen LogP contribution in [-0.4, -0.2) is 34.9 Å². The van der Waals surface area contributed by atoms with Crippen molar-refractivity contribution in [1.29, 1.82) is 0 Å². The standard InChI is InChI=1S/C15H23BN2O3/c1-6-19-13-11(12(10-7-8-10)17-9-18-13)16-20-14(2,3)15(4,5)21-16/h9-10H,6-8H2,1-5H3. The Morgan fingerprint density at radius 1 is 1.19 bits per heavy atom. The molecule has 0 bridgehead atoms. The molecule has 2 aliphatic rings. The first-order valence-electron chi connectivity index (χ1n) is 7.69.